The van der Waals surface area contributed by atoms with E-state index in [9.17, 15) is 24.0 Å². The van der Waals surface area contributed by atoms with Gasteiger partial charge in [0.05, 0.1) is 24.2 Å². The fourth-order valence-electron chi connectivity index (χ4n) is 3.10. The number of nitrogens with two attached hydrogens (primary N) is 1. The van der Waals surface area contributed by atoms with E-state index >= 15 is 0 Å². The molecule has 1 atom stereocenters. The predicted molar refractivity (Wildman–Crippen MR) is 86.7 cm³/mol. The summed E-state index contributed by atoms with van der Waals surface area (Å²) in [6.45, 7) is -0.648. The first kappa shape index (κ1) is 17.7. The van der Waals surface area contributed by atoms with Crippen molar-refractivity contribution in [3.8, 4) is 0 Å². The second-order valence-corrected chi connectivity index (χ2v) is 5.89. The van der Waals surface area contributed by atoms with Crippen molar-refractivity contribution in [1.82, 2.24) is 9.80 Å². The molecule has 2 heterocycles. The second-order valence-electron chi connectivity index (χ2n) is 5.89. The van der Waals surface area contributed by atoms with Gasteiger partial charge in [-0.25, -0.2) is 0 Å². The number of carbonyl (C=O) groups is 5. The van der Waals surface area contributed by atoms with Gasteiger partial charge in [-0.2, -0.15) is 0 Å². The molecule has 2 N–H and O–H groups in total. The summed E-state index contributed by atoms with van der Waals surface area (Å²) in [5, 5.41) is 0. The summed E-state index contributed by atoms with van der Waals surface area (Å²) < 4.78 is 4.79. The number of hydrogen-bond acceptors (Lipinski definition) is 7. The first-order chi connectivity index (χ1) is 12.5. The van der Waals surface area contributed by atoms with E-state index in [-0.39, 0.29) is 43.7 Å². The van der Waals surface area contributed by atoms with Crippen LogP contribution in [0.5, 0.6) is 0 Å². The zero-order valence-corrected chi connectivity index (χ0v) is 13.8. The van der Waals surface area contributed by atoms with Crippen molar-refractivity contribution in [3.05, 3.63) is 35.4 Å². The van der Waals surface area contributed by atoms with Crippen molar-refractivity contribution in [2.24, 2.45) is 5.73 Å². The zero-order valence-electron chi connectivity index (χ0n) is 13.8. The molecule has 1 aromatic rings. The van der Waals surface area contributed by atoms with Gasteiger partial charge in [0.1, 0.15) is 12.6 Å². The molecular formula is C17H17N3O6. The molecule has 136 valence electrons. The number of imide groups is 2. The average Bonchev–Trinajstić information content (AvgIpc) is 2.89. The van der Waals surface area contributed by atoms with Gasteiger partial charge in [0.2, 0.25) is 5.91 Å². The molecule has 0 aromatic heterocycles. The van der Waals surface area contributed by atoms with Gasteiger partial charge in [0.25, 0.3) is 17.7 Å². The summed E-state index contributed by atoms with van der Waals surface area (Å²) in [5.74, 6) is -2.84. The van der Waals surface area contributed by atoms with E-state index in [2.05, 4.69) is 0 Å². The summed E-state index contributed by atoms with van der Waals surface area (Å²) in [6.07, 6.45) is 0.0802. The van der Waals surface area contributed by atoms with Gasteiger partial charge in [-0.1, -0.05) is 12.1 Å². The Kier molecular flexibility index (Phi) is 4.81. The van der Waals surface area contributed by atoms with Gasteiger partial charge in [-0.05, 0) is 18.6 Å². The number of esters is 1. The van der Waals surface area contributed by atoms with Crippen molar-refractivity contribution in [1.29, 1.82) is 0 Å². The van der Waals surface area contributed by atoms with Crippen molar-refractivity contribution in [2.75, 3.05) is 19.7 Å². The summed E-state index contributed by atoms with van der Waals surface area (Å²) in [6, 6.07) is 5.27. The van der Waals surface area contributed by atoms with Gasteiger partial charge in [-0.3, -0.25) is 33.8 Å². The molecule has 1 unspecified atom stereocenters. The van der Waals surface area contributed by atoms with E-state index in [1.54, 1.807) is 12.1 Å². The molecule has 26 heavy (non-hydrogen) atoms. The molecule has 4 amide bonds. The Balaban J connectivity index is 1.76. The monoisotopic (exact) mass is 359 g/mol. The van der Waals surface area contributed by atoms with E-state index < -0.39 is 35.6 Å². The maximum absolute atomic E-state index is 12.7. The maximum Gasteiger partial charge on any atom is 0.319 e. The van der Waals surface area contributed by atoms with Gasteiger partial charge in [-0.15, -0.1) is 0 Å². The van der Waals surface area contributed by atoms with Crippen LogP contribution < -0.4 is 5.73 Å². The Morgan fingerprint density at radius 3 is 2.31 bits per heavy atom. The number of carbonyl (C=O) groups excluding carboxylic acids is 5. The lowest BCUT2D eigenvalue weighted by Gasteiger charge is -2.34. The summed E-state index contributed by atoms with van der Waals surface area (Å²) in [5.41, 5.74) is 5.60. The van der Waals surface area contributed by atoms with E-state index in [0.29, 0.717) is 0 Å². The number of benzene rings is 1. The summed E-state index contributed by atoms with van der Waals surface area (Å²) >= 11 is 0. The molecule has 9 nitrogen and oxygen atoms in total. The Labute approximate surface area is 148 Å². The van der Waals surface area contributed by atoms with E-state index in [1.807, 2.05) is 0 Å². The molecule has 0 radical (unpaired) electrons. The molecule has 0 spiro atoms. The summed E-state index contributed by atoms with van der Waals surface area (Å²) in [7, 11) is 0. The Morgan fingerprint density at radius 1 is 1.12 bits per heavy atom. The van der Waals surface area contributed by atoms with Crippen molar-refractivity contribution >= 4 is 29.6 Å². The normalized spacial score (nSPS) is 19.8. The topological polar surface area (TPSA) is 127 Å². The fourth-order valence-corrected chi connectivity index (χ4v) is 3.10. The Morgan fingerprint density at radius 2 is 1.73 bits per heavy atom. The van der Waals surface area contributed by atoms with Crippen LogP contribution in [0.1, 0.15) is 33.6 Å². The van der Waals surface area contributed by atoms with Gasteiger partial charge in [0, 0.05) is 6.42 Å². The third kappa shape index (κ3) is 2.97. The third-order valence-electron chi connectivity index (χ3n) is 4.37. The smallest absolute Gasteiger partial charge is 0.319 e. The molecule has 2 aliphatic heterocycles. The highest BCUT2D eigenvalue weighted by atomic mass is 16.5. The molecule has 0 aliphatic carbocycles. The van der Waals surface area contributed by atoms with Crippen LogP contribution in [0.15, 0.2) is 24.3 Å². The lowest BCUT2D eigenvalue weighted by atomic mass is 10.0. The van der Waals surface area contributed by atoms with Crippen LogP contribution in [0, 0.1) is 0 Å². The fraction of sp³-hybridized carbons (Fsp3) is 0.353. The standard InChI is InChI=1S/C17H17N3O6/c18-9-14(22)26-8-7-19-13(21)6-5-12(17(19)25)20-15(23)10-3-1-2-4-11(10)16(20)24/h1-4,12H,5-9,18H2. The second kappa shape index (κ2) is 7.04. The number of amides is 4. The van der Waals surface area contributed by atoms with Crippen molar-refractivity contribution < 1.29 is 28.7 Å². The minimum atomic E-state index is -1.05. The molecule has 0 saturated carbocycles. The molecule has 0 bridgehead atoms. The highest BCUT2D eigenvalue weighted by Crippen LogP contribution is 2.28. The van der Waals surface area contributed by atoms with Crippen LogP contribution in [0.25, 0.3) is 0 Å². The van der Waals surface area contributed by atoms with Gasteiger partial charge < -0.3 is 10.5 Å². The molecule has 1 aromatic carbocycles. The largest absolute Gasteiger partial charge is 0.463 e. The highest BCUT2D eigenvalue weighted by molar-refractivity contribution is 6.23. The minimum Gasteiger partial charge on any atom is -0.463 e. The zero-order chi connectivity index (χ0) is 18.8. The van der Waals surface area contributed by atoms with Crippen molar-refractivity contribution in [2.45, 2.75) is 18.9 Å². The lowest BCUT2D eigenvalue weighted by Crippen LogP contribution is -2.56. The predicted octanol–water partition coefficient (Wildman–Crippen LogP) is -0.698. The summed E-state index contributed by atoms with van der Waals surface area (Å²) in [4.78, 5) is 62.7. The average molecular weight is 359 g/mol. The van der Waals surface area contributed by atoms with Crippen LogP contribution in [-0.2, 0) is 19.1 Å². The number of rotatable bonds is 5. The van der Waals surface area contributed by atoms with Crippen LogP contribution in [0.4, 0.5) is 0 Å². The van der Waals surface area contributed by atoms with Crippen LogP contribution >= 0.6 is 0 Å². The number of hydrogen-bond donors (Lipinski definition) is 1. The van der Waals surface area contributed by atoms with Crippen LogP contribution in [-0.4, -0.2) is 65.1 Å². The molecule has 3 rings (SSSR count). The van der Waals surface area contributed by atoms with Gasteiger partial charge >= 0.3 is 5.97 Å². The molecule has 1 fully saturated rings. The highest BCUT2D eigenvalue weighted by Gasteiger charge is 2.46. The van der Waals surface area contributed by atoms with E-state index in [0.717, 1.165) is 9.80 Å². The SMILES string of the molecule is NCC(=O)OCCN1C(=O)CCC(N2C(=O)c3ccccc3C2=O)C1=O. The lowest BCUT2D eigenvalue weighted by molar-refractivity contribution is -0.155. The van der Waals surface area contributed by atoms with Crippen LogP contribution in [0.2, 0.25) is 0 Å². The van der Waals surface area contributed by atoms with Gasteiger partial charge in [0.15, 0.2) is 0 Å². The molecule has 2 aliphatic rings. The molecule has 1 saturated heterocycles. The number of nitrogens with zero attached hydrogens (tertiary/aromatic N) is 2. The van der Waals surface area contributed by atoms with Crippen LogP contribution in [0.3, 0.4) is 0 Å². The number of ether oxygens (including phenoxy) is 1. The Hall–Kier alpha value is -3.07. The Bertz CT molecular complexity index is 770. The first-order valence-corrected chi connectivity index (χ1v) is 8.12. The molecule has 9 heteroatoms. The van der Waals surface area contributed by atoms with E-state index in [4.69, 9.17) is 10.5 Å². The first-order valence-electron chi connectivity index (χ1n) is 8.12. The third-order valence-corrected chi connectivity index (χ3v) is 4.37. The number of likely N-dealkylation sites (tertiary alicyclic amines) is 1. The molecular weight excluding hydrogens is 342 g/mol. The number of piperidine rings is 1. The minimum absolute atomic E-state index is 0.00858. The van der Waals surface area contributed by atoms with Crippen molar-refractivity contribution in [3.63, 3.8) is 0 Å². The quantitative estimate of drug-likeness (QED) is 0.544. The van der Waals surface area contributed by atoms with E-state index in [1.165, 1.54) is 12.1 Å². The number of fused-ring (bicyclic) bond motifs is 1. The maximum atomic E-state index is 12.7.